The minimum Gasteiger partial charge on any atom is -0.434 e. The summed E-state index contributed by atoms with van der Waals surface area (Å²) in [5.74, 6) is 0.750. The van der Waals surface area contributed by atoms with E-state index in [2.05, 4.69) is 10.1 Å². The van der Waals surface area contributed by atoms with Crippen molar-refractivity contribution in [2.45, 2.75) is 38.3 Å². The van der Waals surface area contributed by atoms with Crippen LogP contribution in [0.1, 0.15) is 36.0 Å². The summed E-state index contributed by atoms with van der Waals surface area (Å²) in [6.07, 6.45) is 4.60. The SMILES string of the molecule is O=C(NC(C1CC1)C1CC1)c1ccccc1OC(F)F. The first-order valence-electron chi connectivity index (χ1n) is 7.00. The number of amides is 1. The minimum absolute atomic E-state index is 0.0645. The first kappa shape index (κ1) is 13.3. The van der Waals surface area contributed by atoms with Gasteiger partial charge in [-0.15, -0.1) is 0 Å². The molecule has 3 nitrogen and oxygen atoms in total. The Bertz CT molecular complexity index is 486. The lowest BCUT2D eigenvalue weighted by Gasteiger charge is -2.18. The molecule has 5 heteroatoms. The highest BCUT2D eigenvalue weighted by atomic mass is 19.3. The minimum atomic E-state index is -2.92. The number of carbonyl (C=O) groups excluding carboxylic acids is 1. The second-order valence-corrected chi connectivity index (χ2v) is 5.55. The number of rotatable bonds is 6. The summed E-state index contributed by atoms with van der Waals surface area (Å²) >= 11 is 0. The molecule has 1 N–H and O–H groups in total. The third kappa shape index (κ3) is 3.08. The molecular formula is C15H17F2NO2. The maximum Gasteiger partial charge on any atom is 0.387 e. The Morgan fingerprint density at radius 2 is 1.75 bits per heavy atom. The first-order chi connectivity index (χ1) is 9.65. The molecule has 0 heterocycles. The van der Waals surface area contributed by atoms with E-state index in [0.717, 1.165) is 25.7 Å². The molecule has 2 saturated carbocycles. The summed E-state index contributed by atoms with van der Waals surface area (Å²) in [6.45, 7) is -2.92. The van der Waals surface area contributed by atoms with Gasteiger partial charge in [0.1, 0.15) is 5.75 Å². The highest BCUT2D eigenvalue weighted by Crippen LogP contribution is 2.44. The van der Waals surface area contributed by atoms with Crippen LogP contribution in [0.15, 0.2) is 24.3 Å². The standard InChI is InChI=1S/C15H17F2NO2/c16-15(17)20-12-4-2-1-3-11(12)14(19)18-13(9-5-6-9)10-7-8-10/h1-4,9-10,13,15H,5-8H2,(H,18,19). The van der Waals surface area contributed by atoms with Crippen molar-refractivity contribution in [1.29, 1.82) is 0 Å². The number of halogens is 2. The van der Waals surface area contributed by atoms with E-state index < -0.39 is 6.61 Å². The lowest BCUT2D eigenvalue weighted by atomic mass is 10.1. The molecule has 2 aliphatic rings. The van der Waals surface area contributed by atoms with Crippen LogP contribution < -0.4 is 10.1 Å². The lowest BCUT2D eigenvalue weighted by Crippen LogP contribution is -2.38. The van der Waals surface area contributed by atoms with Crippen molar-refractivity contribution >= 4 is 5.91 Å². The third-order valence-corrected chi connectivity index (χ3v) is 3.91. The molecule has 2 aliphatic carbocycles. The molecule has 1 aromatic rings. The Hall–Kier alpha value is -1.65. The van der Waals surface area contributed by atoms with Gasteiger partial charge in [0.25, 0.3) is 5.91 Å². The molecule has 108 valence electrons. The zero-order chi connectivity index (χ0) is 14.1. The van der Waals surface area contributed by atoms with E-state index in [9.17, 15) is 13.6 Å². The molecule has 0 saturated heterocycles. The fraction of sp³-hybridized carbons (Fsp3) is 0.533. The Morgan fingerprint density at radius 1 is 1.15 bits per heavy atom. The first-order valence-corrected chi connectivity index (χ1v) is 7.00. The molecule has 20 heavy (non-hydrogen) atoms. The highest BCUT2D eigenvalue weighted by molar-refractivity contribution is 5.97. The number of ether oxygens (including phenoxy) is 1. The maximum absolute atomic E-state index is 12.3. The van der Waals surface area contributed by atoms with Crippen LogP contribution in [0.4, 0.5) is 8.78 Å². The summed E-state index contributed by atoms with van der Waals surface area (Å²) < 4.78 is 29.1. The van der Waals surface area contributed by atoms with Gasteiger partial charge in [-0.2, -0.15) is 8.78 Å². The van der Waals surface area contributed by atoms with Crippen LogP contribution in [-0.2, 0) is 0 Å². The number of para-hydroxylation sites is 1. The van der Waals surface area contributed by atoms with E-state index in [1.165, 1.54) is 12.1 Å². The zero-order valence-electron chi connectivity index (χ0n) is 11.0. The predicted molar refractivity (Wildman–Crippen MR) is 69.8 cm³/mol. The molecule has 0 aliphatic heterocycles. The fourth-order valence-corrected chi connectivity index (χ4v) is 2.61. The van der Waals surface area contributed by atoms with E-state index in [1.54, 1.807) is 12.1 Å². The molecule has 2 fully saturated rings. The zero-order valence-corrected chi connectivity index (χ0v) is 11.0. The van der Waals surface area contributed by atoms with Crippen LogP contribution in [0.3, 0.4) is 0 Å². The van der Waals surface area contributed by atoms with E-state index in [4.69, 9.17) is 0 Å². The summed E-state index contributed by atoms with van der Waals surface area (Å²) in [4.78, 5) is 12.3. The van der Waals surface area contributed by atoms with Crippen LogP contribution in [0.5, 0.6) is 5.75 Å². The molecule has 0 unspecified atom stereocenters. The summed E-state index contributed by atoms with van der Waals surface area (Å²) in [5, 5.41) is 3.01. The molecule has 1 amide bonds. The Labute approximate surface area is 116 Å². The van der Waals surface area contributed by atoms with Gasteiger partial charge in [0.2, 0.25) is 0 Å². The van der Waals surface area contributed by atoms with Gasteiger partial charge in [0.05, 0.1) is 5.56 Å². The van der Waals surface area contributed by atoms with Crippen molar-refractivity contribution in [3.05, 3.63) is 29.8 Å². The number of benzene rings is 1. The number of nitrogens with one attached hydrogen (secondary N) is 1. The van der Waals surface area contributed by atoms with Gasteiger partial charge in [0.15, 0.2) is 0 Å². The third-order valence-electron chi connectivity index (χ3n) is 3.91. The van der Waals surface area contributed by atoms with Crippen LogP contribution in [0.2, 0.25) is 0 Å². The number of hydrogen-bond acceptors (Lipinski definition) is 2. The monoisotopic (exact) mass is 281 g/mol. The maximum atomic E-state index is 12.3. The van der Waals surface area contributed by atoms with E-state index in [1.807, 2.05) is 0 Å². The van der Waals surface area contributed by atoms with Crippen LogP contribution >= 0.6 is 0 Å². The van der Waals surface area contributed by atoms with Crippen molar-refractivity contribution in [3.63, 3.8) is 0 Å². The fourth-order valence-electron chi connectivity index (χ4n) is 2.61. The number of hydrogen-bond donors (Lipinski definition) is 1. The van der Waals surface area contributed by atoms with Crippen molar-refractivity contribution in [2.75, 3.05) is 0 Å². The molecule has 0 radical (unpaired) electrons. The van der Waals surface area contributed by atoms with Crippen molar-refractivity contribution < 1.29 is 18.3 Å². The average Bonchev–Trinajstić information content (AvgIpc) is 3.28. The van der Waals surface area contributed by atoms with Gasteiger partial charge in [0, 0.05) is 6.04 Å². The van der Waals surface area contributed by atoms with Gasteiger partial charge in [-0.3, -0.25) is 4.79 Å². The summed E-state index contributed by atoms with van der Waals surface area (Å²) in [5.41, 5.74) is 0.180. The Kier molecular flexibility index (Phi) is 3.59. The molecule has 3 rings (SSSR count). The second kappa shape index (κ2) is 5.38. The molecule has 0 bridgehead atoms. The van der Waals surface area contributed by atoms with Crippen molar-refractivity contribution in [1.82, 2.24) is 5.32 Å². The van der Waals surface area contributed by atoms with Gasteiger partial charge in [-0.25, -0.2) is 0 Å². The second-order valence-electron chi connectivity index (χ2n) is 5.55. The topological polar surface area (TPSA) is 38.3 Å². The molecular weight excluding hydrogens is 264 g/mol. The normalized spacial score (nSPS) is 18.4. The quantitative estimate of drug-likeness (QED) is 0.869. The van der Waals surface area contributed by atoms with Crippen molar-refractivity contribution in [2.24, 2.45) is 11.8 Å². The predicted octanol–water partition coefficient (Wildman–Crippen LogP) is 3.21. The summed E-state index contributed by atoms with van der Waals surface area (Å²) in [7, 11) is 0. The molecule has 0 spiro atoms. The van der Waals surface area contributed by atoms with Gasteiger partial charge >= 0.3 is 6.61 Å². The van der Waals surface area contributed by atoms with Crippen LogP contribution in [0.25, 0.3) is 0 Å². The largest absolute Gasteiger partial charge is 0.434 e. The lowest BCUT2D eigenvalue weighted by molar-refractivity contribution is -0.0501. The molecule has 0 aromatic heterocycles. The highest BCUT2D eigenvalue weighted by Gasteiger charge is 2.42. The van der Waals surface area contributed by atoms with Crippen LogP contribution in [0, 0.1) is 11.8 Å². The number of alkyl halides is 2. The van der Waals surface area contributed by atoms with E-state index in [-0.39, 0.29) is 23.3 Å². The van der Waals surface area contributed by atoms with Gasteiger partial charge in [-0.1, -0.05) is 12.1 Å². The number of carbonyl (C=O) groups is 1. The Morgan fingerprint density at radius 3 is 2.30 bits per heavy atom. The van der Waals surface area contributed by atoms with Crippen LogP contribution in [-0.4, -0.2) is 18.6 Å². The van der Waals surface area contributed by atoms with E-state index >= 15 is 0 Å². The van der Waals surface area contributed by atoms with Crippen molar-refractivity contribution in [3.8, 4) is 5.75 Å². The van der Waals surface area contributed by atoms with Gasteiger partial charge < -0.3 is 10.1 Å². The average molecular weight is 281 g/mol. The Balaban J connectivity index is 1.72. The smallest absolute Gasteiger partial charge is 0.387 e. The van der Waals surface area contributed by atoms with E-state index in [0.29, 0.717) is 11.8 Å². The summed E-state index contributed by atoms with van der Waals surface area (Å²) in [6, 6.07) is 6.33. The van der Waals surface area contributed by atoms with Gasteiger partial charge in [-0.05, 0) is 49.7 Å². The molecule has 1 aromatic carbocycles. The molecule has 0 atom stereocenters.